The zero-order chi connectivity index (χ0) is 24.5. The van der Waals surface area contributed by atoms with Gasteiger partial charge in [0.1, 0.15) is 11.5 Å². The van der Waals surface area contributed by atoms with Crippen LogP contribution in [0.1, 0.15) is 56.2 Å². The van der Waals surface area contributed by atoms with E-state index in [-0.39, 0.29) is 12.5 Å². The molecule has 5 nitrogen and oxygen atoms in total. The van der Waals surface area contributed by atoms with Gasteiger partial charge in [-0.3, -0.25) is 4.79 Å². The summed E-state index contributed by atoms with van der Waals surface area (Å²) < 4.78 is 18.3. The molecule has 0 fully saturated rings. The first kappa shape index (κ1) is 25.2. The first-order valence-electron chi connectivity index (χ1n) is 11.8. The number of aryl methyl sites for hydroxylation is 2. The highest BCUT2D eigenvalue weighted by molar-refractivity contribution is 5.67. The summed E-state index contributed by atoms with van der Waals surface area (Å²) in [7, 11) is 0. The number of hydrogen-bond acceptors (Lipinski definition) is 4. The van der Waals surface area contributed by atoms with E-state index < -0.39 is 5.97 Å². The normalized spacial score (nSPS) is 11.8. The van der Waals surface area contributed by atoms with Crippen LogP contribution in [0.25, 0.3) is 0 Å². The highest BCUT2D eigenvalue weighted by Gasteiger charge is 2.14. The van der Waals surface area contributed by atoms with Gasteiger partial charge in [0.25, 0.3) is 0 Å². The van der Waals surface area contributed by atoms with E-state index in [1.807, 2.05) is 74.5 Å². The molecular formula is C29H34O5. The zero-order valence-corrected chi connectivity index (χ0v) is 20.4. The molecule has 0 bridgehead atoms. The number of hydrogen-bond donors (Lipinski definition) is 1. The molecule has 0 aliphatic rings. The first-order chi connectivity index (χ1) is 16.3. The van der Waals surface area contributed by atoms with Gasteiger partial charge in [-0.05, 0) is 79.3 Å². The molecule has 180 valence electrons. The number of benzene rings is 3. The van der Waals surface area contributed by atoms with Gasteiger partial charge in [-0.1, -0.05) is 44.2 Å². The Morgan fingerprint density at radius 1 is 0.912 bits per heavy atom. The second-order valence-corrected chi connectivity index (χ2v) is 8.82. The zero-order valence-electron chi connectivity index (χ0n) is 20.4. The number of aliphatic carboxylic acids is 1. The molecule has 1 atom stereocenters. The highest BCUT2D eigenvalue weighted by atomic mass is 16.5. The quantitative estimate of drug-likeness (QED) is 0.309. The summed E-state index contributed by atoms with van der Waals surface area (Å²) in [6, 6.07) is 21.6. The highest BCUT2D eigenvalue weighted by Crippen LogP contribution is 2.35. The Balaban J connectivity index is 1.58. The van der Waals surface area contributed by atoms with E-state index in [2.05, 4.69) is 19.9 Å². The van der Waals surface area contributed by atoms with Gasteiger partial charge in [-0.2, -0.15) is 0 Å². The van der Waals surface area contributed by atoms with E-state index in [0.29, 0.717) is 36.9 Å². The third kappa shape index (κ3) is 7.55. The summed E-state index contributed by atoms with van der Waals surface area (Å²) in [5, 5.41) is 8.88. The van der Waals surface area contributed by atoms with E-state index in [1.54, 1.807) is 0 Å². The van der Waals surface area contributed by atoms with Crippen molar-refractivity contribution in [1.29, 1.82) is 0 Å². The SMILES string of the molecule is Cc1cc(OCC[C@H](C)Oc2ccc(C(C)C)cc2Oc2ccccc2)ccc1CCC(=O)O. The summed E-state index contributed by atoms with van der Waals surface area (Å²) in [4.78, 5) is 10.8. The molecule has 0 heterocycles. The standard InChI is InChI=1S/C29H34O5/c1-20(2)24-11-14-27(28(19-24)34-25-8-6-5-7-9-25)33-22(4)16-17-32-26-13-10-23(21(3)18-26)12-15-29(30)31/h5-11,13-14,18-20,22H,12,15-17H2,1-4H3,(H,30,31)/t22-/m0/s1. The molecule has 3 rings (SSSR count). The van der Waals surface area contributed by atoms with Crippen LogP contribution in [0.4, 0.5) is 0 Å². The van der Waals surface area contributed by atoms with Crippen LogP contribution in [0, 0.1) is 6.92 Å². The van der Waals surface area contributed by atoms with Gasteiger partial charge in [0.2, 0.25) is 0 Å². The first-order valence-corrected chi connectivity index (χ1v) is 11.8. The van der Waals surface area contributed by atoms with Crippen LogP contribution in [-0.2, 0) is 11.2 Å². The number of carboxylic acids is 1. The molecule has 0 spiro atoms. The molecule has 0 unspecified atom stereocenters. The summed E-state index contributed by atoms with van der Waals surface area (Å²) in [5.41, 5.74) is 3.26. The monoisotopic (exact) mass is 462 g/mol. The maximum absolute atomic E-state index is 10.8. The Hall–Kier alpha value is -3.47. The molecule has 0 saturated heterocycles. The van der Waals surface area contributed by atoms with Crippen LogP contribution in [0.5, 0.6) is 23.0 Å². The minimum Gasteiger partial charge on any atom is -0.493 e. The number of rotatable bonds is 12. The maximum atomic E-state index is 10.8. The van der Waals surface area contributed by atoms with Gasteiger partial charge in [0, 0.05) is 12.8 Å². The molecule has 34 heavy (non-hydrogen) atoms. The van der Waals surface area contributed by atoms with Crippen LogP contribution in [0.15, 0.2) is 66.7 Å². The van der Waals surface area contributed by atoms with Crippen molar-refractivity contribution in [1.82, 2.24) is 0 Å². The average molecular weight is 463 g/mol. The Kier molecular flexibility index (Phi) is 8.97. The summed E-state index contributed by atoms with van der Waals surface area (Å²) >= 11 is 0. The molecule has 0 aliphatic carbocycles. The van der Waals surface area contributed by atoms with Gasteiger partial charge in [0.05, 0.1) is 12.7 Å². The molecule has 3 aromatic carbocycles. The van der Waals surface area contributed by atoms with Crippen LogP contribution in [-0.4, -0.2) is 23.8 Å². The lowest BCUT2D eigenvalue weighted by molar-refractivity contribution is -0.136. The van der Waals surface area contributed by atoms with Crippen molar-refractivity contribution < 1.29 is 24.1 Å². The van der Waals surface area contributed by atoms with Gasteiger partial charge in [-0.15, -0.1) is 0 Å². The number of ether oxygens (including phenoxy) is 3. The van der Waals surface area contributed by atoms with Crippen LogP contribution in [0.2, 0.25) is 0 Å². The van der Waals surface area contributed by atoms with E-state index in [0.717, 1.165) is 22.6 Å². The number of para-hydroxylation sites is 1. The van der Waals surface area contributed by atoms with E-state index in [1.165, 1.54) is 5.56 Å². The van der Waals surface area contributed by atoms with Crippen molar-refractivity contribution in [3.05, 3.63) is 83.4 Å². The average Bonchev–Trinajstić information content (AvgIpc) is 2.80. The van der Waals surface area contributed by atoms with Crippen LogP contribution >= 0.6 is 0 Å². The molecule has 3 aromatic rings. The molecule has 1 N–H and O–H groups in total. The van der Waals surface area contributed by atoms with Crippen LogP contribution < -0.4 is 14.2 Å². The molecule has 5 heteroatoms. The van der Waals surface area contributed by atoms with Crippen molar-refractivity contribution in [2.45, 2.75) is 59.0 Å². The molecule has 0 amide bonds. The van der Waals surface area contributed by atoms with Crippen molar-refractivity contribution in [3.8, 4) is 23.0 Å². The predicted molar refractivity (Wildman–Crippen MR) is 134 cm³/mol. The Labute approximate surface area is 202 Å². The molecular weight excluding hydrogens is 428 g/mol. The number of carbonyl (C=O) groups is 1. The predicted octanol–water partition coefficient (Wildman–Crippen LogP) is 7.16. The van der Waals surface area contributed by atoms with Crippen molar-refractivity contribution in [2.24, 2.45) is 0 Å². The van der Waals surface area contributed by atoms with Gasteiger partial charge in [0.15, 0.2) is 11.5 Å². The lowest BCUT2D eigenvalue weighted by atomic mass is 10.0. The summed E-state index contributed by atoms with van der Waals surface area (Å²) in [6.07, 6.45) is 1.29. The topological polar surface area (TPSA) is 65.0 Å². The Morgan fingerprint density at radius 3 is 2.35 bits per heavy atom. The second-order valence-electron chi connectivity index (χ2n) is 8.82. The third-order valence-electron chi connectivity index (χ3n) is 5.65. The van der Waals surface area contributed by atoms with E-state index >= 15 is 0 Å². The Bertz CT molecular complexity index is 1080. The second kappa shape index (κ2) is 12.1. The lowest BCUT2D eigenvalue weighted by Crippen LogP contribution is -2.16. The third-order valence-corrected chi connectivity index (χ3v) is 5.65. The van der Waals surface area contributed by atoms with Crippen molar-refractivity contribution in [3.63, 3.8) is 0 Å². The minimum absolute atomic E-state index is 0.0704. The maximum Gasteiger partial charge on any atom is 0.303 e. The van der Waals surface area contributed by atoms with Crippen molar-refractivity contribution >= 4 is 5.97 Å². The molecule has 0 aromatic heterocycles. The van der Waals surface area contributed by atoms with Crippen molar-refractivity contribution in [2.75, 3.05) is 6.61 Å². The summed E-state index contributed by atoms with van der Waals surface area (Å²) in [5.74, 6) is 2.56. The molecule has 0 aliphatic heterocycles. The van der Waals surface area contributed by atoms with Crippen LogP contribution in [0.3, 0.4) is 0 Å². The smallest absolute Gasteiger partial charge is 0.303 e. The van der Waals surface area contributed by atoms with E-state index in [4.69, 9.17) is 19.3 Å². The summed E-state index contributed by atoms with van der Waals surface area (Å²) in [6.45, 7) is 8.82. The molecule has 0 saturated carbocycles. The fraction of sp³-hybridized carbons (Fsp3) is 0.345. The van der Waals surface area contributed by atoms with Gasteiger partial charge >= 0.3 is 5.97 Å². The van der Waals surface area contributed by atoms with E-state index in [9.17, 15) is 4.79 Å². The molecule has 0 radical (unpaired) electrons. The van der Waals surface area contributed by atoms with Gasteiger partial charge in [-0.25, -0.2) is 0 Å². The fourth-order valence-electron chi connectivity index (χ4n) is 3.58. The van der Waals surface area contributed by atoms with Gasteiger partial charge < -0.3 is 19.3 Å². The Morgan fingerprint density at radius 2 is 1.68 bits per heavy atom. The minimum atomic E-state index is -0.787. The fourth-order valence-corrected chi connectivity index (χ4v) is 3.58. The number of carboxylic acid groups (broad SMARTS) is 1. The largest absolute Gasteiger partial charge is 0.493 e. The lowest BCUT2D eigenvalue weighted by Gasteiger charge is -2.19.